The van der Waals surface area contributed by atoms with E-state index in [2.05, 4.69) is 61.4 Å². The van der Waals surface area contributed by atoms with Crippen molar-refractivity contribution in [3.8, 4) is 0 Å². The van der Waals surface area contributed by atoms with E-state index < -0.39 is 10.2 Å². The Labute approximate surface area is 272 Å². The van der Waals surface area contributed by atoms with Crippen LogP contribution in [0.1, 0.15) is 25.2 Å². The second-order valence-electron chi connectivity index (χ2n) is 6.56. The predicted octanol–water partition coefficient (Wildman–Crippen LogP) is -0.239. The van der Waals surface area contributed by atoms with Crippen molar-refractivity contribution in [1.29, 1.82) is 0 Å². The summed E-state index contributed by atoms with van der Waals surface area (Å²) in [6.45, 7) is 3.58. The molecule has 2 radical (unpaired) electrons. The zero-order chi connectivity index (χ0) is 28.7. The van der Waals surface area contributed by atoms with Crippen LogP contribution in [-0.2, 0) is 34.1 Å². The first-order chi connectivity index (χ1) is 18.5. The molecule has 4 aromatic rings. The van der Waals surface area contributed by atoms with Gasteiger partial charge < -0.3 is 26.5 Å². The van der Waals surface area contributed by atoms with Crippen LogP contribution in [0, 0.1) is 10.2 Å². The fourth-order valence-electron chi connectivity index (χ4n) is 2.05. The van der Waals surface area contributed by atoms with Crippen molar-refractivity contribution in [1.82, 2.24) is 40.3 Å². The number of aromatic nitrogens is 8. The van der Waals surface area contributed by atoms with E-state index in [1.807, 2.05) is 0 Å². The van der Waals surface area contributed by atoms with Gasteiger partial charge in [-0.05, 0) is 37.6 Å². The van der Waals surface area contributed by atoms with Crippen molar-refractivity contribution in [3.05, 3.63) is 94.0 Å². The van der Waals surface area contributed by atoms with Gasteiger partial charge in [-0.1, -0.05) is 35.3 Å². The maximum Gasteiger partial charge on any atom is 2.00 e. The molecule has 0 atom stereocenters. The molecule has 0 unspecified atom stereocenters. The average Bonchev–Trinajstić information content (AvgIpc) is 2.92. The summed E-state index contributed by atoms with van der Waals surface area (Å²) in [6.07, 6.45) is 9.61. The fraction of sp³-hybridized carbons (Fsp3) is 0.100. The molecule has 0 bridgehead atoms. The predicted molar refractivity (Wildman–Crippen MR) is 131 cm³/mol. The Morgan fingerprint density at radius 2 is 1.02 bits per heavy atom. The van der Waals surface area contributed by atoms with Crippen molar-refractivity contribution in [2.75, 3.05) is 0 Å². The van der Waals surface area contributed by atoms with Gasteiger partial charge in [0.25, 0.3) is 0 Å². The summed E-state index contributed by atoms with van der Waals surface area (Å²) in [7, 11) is -4.94. The zero-order valence-electron chi connectivity index (χ0n) is 21.0. The second kappa shape index (κ2) is 21.6. The molecule has 0 aliphatic heterocycles. The van der Waals surface area contributed by atoms with Crippen LogP contribution in [0.15, 0.2) is 71.6 Å². The third kappa shape index (κ3) is 18.4. The van der Waals surface area contributed by atoms with Gasteiger partial charge in [0.15, 0.2) is 0 Å². The van der Waals surface area contributed by atoms with E-state index in [1.54, 1.807) is 75.3 Å². The Kier molecular flexibility index (Phi) is 21.2. The summed E-state index contributed by atoms with van der Waals surface area (Å²) >= 11 is 11.2. The molecule has 0 saturated carbocycles. The van der Waals surface area contributed by atoms with Gasteiger partial charge in [0.1, 0.15) is 21.7 Å². The fourth-order valence-corrected chi connectivity index (χ4v) is 2.25. The third-order valence-electron chi connectivity index (χ3n) is 3.71. The molecule has 230 valence electrons. The average molecular weight is 739 g/mol. The molecule has 1 N–H and O–H groups in total. The van der Waals surface area contributed by atoms with E-state index in [0.29, 0.717) is 44.8 Å². The minimum Gasteiger partial charge on any atom is -0.870 e. The molecular formula is C20H17Cl3Cu2N12O5. The summed E-state index contributed by atoms with van der Waals surface area (Å²) in [6, 6.07) is 6.45. The molecule has 0 amide bonds. The SMILES string of the molecule is C/C(=N\[N-]c1ccc(Cl)nn1)c1cnccn1.C/C(=N\[N-]c1ccc(Cl)nn1)c1cnccn1.[Cu+2].[Cu+2].[O-][Cl+3]([O-])([O-])[O-].[OH-]. The maximum absolute atomic E-state index is 8.49. The number of halogens is 3. The molecule has 22 heteroatoms. The Morgan fingerprint density at radius 3 is 1.29 bits per heavy atom. The van der Waals surface area contributed by atoms with Gasteiger partial charge in [-0.2, -0.15) is 0 Å². The smallest absolute Gasteiger partial charge is 0.870 e. The molecule has 0 saturated heterocycles. The van der Waals surface area contributed by atoms with Gasteiger partial charge in [-0.3, -0.25) is 30.1 Å². The molecular weight excluding hydrogens is 722 g/mol. The van der Waals surface area contributed by atoms with Gasteiger partial charge in [0.2, 0.25) is 0 Å². The Morgan fingerprint density at radius 1 is 0.667 bits per heavy atom. The monoisotopic (exact) mass is 736 g/mol. The van der Waals surface area contributed by atoms with E-state index in [1.165, 1.54) is 0 Å². The maximum atomic E-state index is 8.49. The van der Waals surface area contributed by atoms with Crippen LogP contribution < -0.4 is 18.6 Å². The Hall–Kier alpha value is -3.03. The molecule has 4 aromatic heterocycles. The van der Waals surface area contributed by atoms with Gasteiger partial charge in [-0.15, -0.1) is 10.2 Å². The number of rotatable bonds is 6. The minimum atomic E-state index is -4.94. The molecule has 0 fully saturated rings. The Balaban J connectivity index is 0. The minimum absolute atomic E-state index is 0. The molecule has 4 heterocycles. The molecule has 0 aliphatic carbocycles. The van der Waals surface area contributed by atoms with Crippen LogP contribution in [0.5, 0.6) is 0 Å². The summed E-state index contributed by atoms with van der Waals surface area (Å²) in [5.74, 6) is 0.773. The quantitative estimate of drug-likeness (QED) is 0.140. The summed E-state index contributed by atoms with van der Waals surface area (Å²) in [5.41, 5.74) is 10.4. The standard InChI is InChI=1S/2C10H8ClN6.ClHO4.2Cu.H2O/c2*1-7(8-6-12-4-5-13-8)14-16-10-3-2-9(11)15-17-10;2-1(3,4)5;;;/h2*2-6H,1H3;(H,2,3,4,5);;;1H2/q2*-1;;2*+2;/p-2/b2*14-7+;;;;. The number of nitrogens with zero attached hydrogens (tertiary/aromatic N) is 12. The van der Waals surface area contributed by atoms with Crippen molar-refractivity contribution >= 4 is 46.3 Å². The van der Waals surface area contributed by atoms with E-state index in [-0.39, 0.29) is 39.6 Å². The topological polar surface area (TPSA) is 278 Å². The van der Waals surface area contributed by atoms with Crippen molar-refractivity contribution in [2.24, 2.45) is 10.2 Å². The molecule has 0 spiro atoms. The summed E-state index contributed by atoms with van der Waals surface area (Å²) in [5, 5.41) is 23.4. The first kappa shape index (κ1) is 41.1. The van der Waals surface area contributed by atoms with Crippen molar-refractivity contribution in [3.63, 3.8) is 0 Å². The van der Waals surface area contributed by atoms with Gasteiger partial charge in [0.05, 0.1) is 23.8 Å². The van der Waals surface area contributed by atoms with Crippen LogP contribution in [0.3, 0.4) is 0 Å². The largest absolute Gasteiger partial charge is 2.00 e. The van der Waals surface area contributed by atoms with Crippen molar-refractivity contribution in [2.45, 2.75) is 13.8 Å². The van der Waals surface area contributed by atoms with Crippen LogP contribution in [0.4, 0.5) is 11.6 Å². The molecule has 0 aliphatic rings. The third-order valence-corrected chi connectivity index (χ3v) is 4.11. The summed E-state index contributed by atoms with van der Waals surface area (Å²) in [4.78, 5) is 16.1. The first-order valence-electron chi connectivity index (χ1n) is 10.1. The van der Waals surface area contributed by atoms with Crippen LogP contribution in [-0.4, -0.2) is 57.2 Å². The zero-order valence-corrected chi connectivity index (χ0v) is 25.1. The van der Waals surface area contributed by atoms with E-state index in [4.69, 9.17) is 41.8 Å². The molecule has 17 nitrogen and oxygen atoms in total. The van der Waals surface area contributed by atoms with Crippen LogP contribution in [0.25, 0.3) is 10.9 Å². The molecule has 42 heavy (non-hydrogen) atoms. The normalized spacial score (nSPS) is 10.6. The van der Waals surface area contributed by atoms with E-state index in [0.717, 1.165) is 0 Å². The number of hydrogen-bond donors (Lipinski definition) is 0. The molecule has 4 rings (SSSR count). The molecule has 0 aromatic carbocycles. The van der Waals surface area contributed by atoms with Crippen molar-refractivity contribution < 1.29 is 68.5 Å². The van der Waals surface area contributed by atoms with E-state index >= 15 is 0 Å². The second-order valence-corrected chi connectivity index (χ2v) is 8.09. The van der Waals surface area contributed by atoms with Crippen LogP contribution >= 0.6 is 23.2 Å². The summed E-state index contributed by atoms with van der Waals surface area (Å²) < 4.78 is 34.0. The first-order valence-corrected chi connectivity index (χ1v) is 12.1. The van der Waals surface area contributed by atoms with Gasteiger partial charge >= 0.3 is 34.1 Å². The van der Waals surface area contributed by atoms with Crippen LogP contribution in [0.2, 0.25) is 10.3 Å². The van der Waals surface area contributed by atoms with Gasteiger partial charge in [-0.25, -0.2) is 28.8 Å². The Bertz CT molecular complexity index is 1240. The van der Waals surface area contributed by atoms with E-state index in [9.17, 15) is 0 Å². The van der Waals surface area contributed by atoms with Gasteiger partial charge in [0, 0.05) is 24.8 Å². The number of hydrogen-bond acceptors (Lipinski definition) is 15.